The number of benzene rings is 1. The van der Waals surface area contributed by atoms with Crippen LogP contribution in [-0.4, -0.2) is 35.9 Å². The summed E-state index contributed by atoms with van der Waals surface area (Å²) in [7, 11) is -2.91. The van der Waals surface area contributed by atoms with Crippen LogP contribution in [0.5, 0.6) is 0 Å². The van der Waals surface area contributed by atoms with E-state index >= 15 is 0 Å². The first-order chi connectivity index (χ1) is 9.93. The standard InChI is InChI=1S/C12H13N3O5S/c16-15(17)9-1-2-10-11(7-9)20-12(14-10)13-8-3-5-21(18,19)6-4-8/h1-2,7-8H,3-6H2,(H,13,14). The Hall–Kier alpha value is -2.16. The second kappa shape index (κ2) is 4.99. The van der Waals surface area contributed by atoms with Gasteiger partial charge in [0.1, 0.15) is 15.4 Å². The van der Waals surface area contributed by atoms with Crippen molar-refractivity contribution >= 4 is 32.6 Å². The number of anilines is 1. The Labute approximate surface area is 120 Å². The van der Waals surface area contributed by atoms with Gasteiger partial charge in [-0.05, 0) is 18.9 Å². The van der Waals surface area contributed by atoms with Crippen molar-refractivity contribution in [3.63, 3.8) is 0 Å². The summed E-state index contributed by atoms with van der Waals surface area (Å²) in [5, 5.41) is 13.7. The first-order valence-electron chi connectivity index (χ1n) is 6.45. The Morgan fingerprint density at radius 3 is 2.71 bits per heavy atom. The Morgan fingerprint density at radius 2 is 2.05 bits per heavy atom. The van der Waals surface area contributed by atoms with Gasteiger partial charge in [-0.3, -0.25) is 10.1 Å². The predicted octanol–water partition coefficient (Wildman–Crippen LogP) is 1.73. The summed E-state index contributed by atoms with van der Waals surface area (Å²) in [6.45, 7) is 0. The summed E-state index contributed by atoms with van der Waals surface area (Å²) in [5.41, 5.74) is 0.788. The molecule has 21 heavy (non-hydrogen) atoms. The molecule has 0 aliphatic carbocycles. The third kappa shape index (κ3) is 2.97. The van der Waals surface area contributed by atoms with Gasteiger partial charge in [-0.2, -0.15) is 4.98 Å². The number of aromatic nitrogens is 1. The molecule has 1 aliphatic heterocycles. The molecule has 0 saturated carbocycles. The van der Waals surface area contributed by atoms with Crippen molar-refractivity contribution in [2.75, 3.05) is 16.8 Å². The maximum absolute atomic E-state index is 11.4. The summed E-state index contributed by atoms with van der Waals surface area (Å²) in [4.78, 5) is 14.4. The number of sulfone groups is 1. The van der Waals surface area contributed by atoms with Crippen molar-refractivity contribution in [3.05, 3.63) is 28.3 Å². The molecule has 0 bridgehead atoms. The number of oxazole rings is 1. The zero-order valence-corrected chi connectivity index (χ0v) is 11.8. The van der Waals surface area contributed by atoms with Gasteiger partial charge in [0.15, 0.2) is 5.58 Å². The molecule has 3 rings (SSSR count). The fraction of sp³-hybridized carbons (Fsp3) is 0.417. The molecule has 0 spiro atoms. The quantitative estimate of drug-likeness (QED) is 0.677. The van der Waals surface area contributed by atoms with E-state index < -0.39 is 14.8 Å². The molecule has 2 aromatic rings. The highest BCUT2D eigenvalue weighted by Crippen LogP contribution is 2.25. The molecule has 1 aromatic carbocycles. The van der Waals surface area contributed by atoms with Crippen LogP contribution in [0, 0.1) is 10.1 Å². The van der Waals surface area contributed by atoms with Gasteiger partial charge in [0.2, 0.25) is 0 Å². The van der Waals surface area contributed by atoms with E-state index in [1.165, 1.54) is 18.2 Å². The van der Waals surface area contributed by atoms with Crippen LogP contribution in [0.15, 0.2) is 22.6 Å². The normalized spacial score (nSPS) is 18.7. The second-order valence-electron chi connectivity index (χ2n) is 5.00. The van der Waals surface area contributed by atoms with Crippen LogP contribution in [0.2, 0.25) is 0 Å². The minimum absolute atomic E-state index is 0.0171. The summed E-state index contributed by atoms with van der Waals surface area (Å²) >= 11 is 0. The summed E-state index contributed by atoms with van der Waals surface area (Å²) in [5.74, 6) is 0.298. The summed E-state index contributed by atoms with van der Waals surface area (Å²) in [6.07, 6.45) is 1.00. The van der Waals surface area contributed by atoms with Crippen molar-refractivity contribution in [2.45, 2.75) is 18.9 Å². The molecule has 1 aliphatic rings. The SMILES string of the molecule is O=[N+]([O-])c1ccc2nc(NC3CCS(=O)(=O)CC3)oc2c1. The number of nitrogens with one attached hydrogen (secondary N) is 1. The lowest BCUT2D eigenvalue weighted by atomic mass is 10.2. The summed E-state index contributed by atoms with van der Waals surface area (Å²) in [6, 6.07) is 4.44. The molecule has 0 amide bonds. The van der Waals surface area contributed by atoms with Crippen LogP contribution >= 0.6 is 0 Å². The number of hydrogen-bond donors (Lipinski definition) is 1. The van der Waals surface area contributed by atoms with Gasteiger partial charge in [0, 0.05) is 12.1 Å². The monoisotopic (exact) mass is 311 g/mol. The van der Waals surface area contributed by atoms with Crippen molar-refractivity contribution < 1.29 is 17.8 Å². The lowest BCUT2D eigenvalue weighted by Crippen LogP contribution is -2.32. The molecule has 0 radical (unpaired) electrons. The zero-order valence-electron chi connectivity index (χ0n) is 11.0. The van der Waals surface area contributed by atoms with Gasteiger partial charge < -0.3 is 9.73 Å². The highest BCUT2D eigenvalue weighted by atomic mass is 32.2. The molecule has 9 heteroatoms. The molecular formula is C12H13N3O5S. The number of nitro benzene ring substituents is 1. The predicted molar refractivity (Wildman–Crippen MR) is 76.0 cm³/mol. The number of fused-ring (bicyclic) bond motifs is 1. The maximum Gasteiger partial charge on any atom is 0.295 e. The van der Waals surface area contributed by atoms with Crippen LogP contribution < -0.4 is 5.32 Å². The van der Waals surface area contributed by atoms with Crippen LogP contribution in [-0.2, 0) is 9.84 Å². The van der Waals surface area contributed by atoms with E-state index in [-0.39, 0.29) is 29.2 Å². The van der Waals surface area contributed by atoms with Crippen LogP contribution in [0.25, 0.3) is 11.1 Å². The fourth-order valence-corrected chi connectivity index (χ4v) is 3.79. The van der Waals surface area contributed by atoms with Gasteiger partial charge in [-0.1, -0.05) is 0 Å². The molecule has 0 unspecified atom stereocenters. The Bertz CT molecular complexity index is 784. The number of rotatable bonds is 3. The van der Waals surface area contributed by atoms with Gasteiger partial charge in [-0.15, -0.1) is 0 Å². The first kappa shape index (κ1) is 13.8. The topological polar surface area (TPSA) is 115 Å². The number of nitrogens with zero attached hydrogens (tertiary/aromatic N) is 2. The Kier molecular flexibility index (Phi) is 3.28. The molecule has 112 valence electrons. The highest BCUT2D eigenvalue weighted by molar-refractivity contribution is 7.91. The Morgan fingerprint density at radius 1 is 1.33 bits per heavy atom. The number of nitro groups is 1. The zero-order chi connectivity index (χ0) is 15.0. The fourth-order valence-electron chi connectivity index (χ4n) is 2.30. The Balaban J connectivity index is 1.77. The lowest BCUT2D eigenvalue weighted by molar-refractivity contribution is -0.384. The largest absolute Gasteiger partial charge is 0.423 e. The average Bonchev–Trinajstić information content (AvgIpc) is 2.82. The van der Waals surface area contributed by atoms with Gasteiger partial charge in [0.25, 0.3) is 11.7 Å². The summed E-state index contributed by atoms with van der Waals surface area (Å²) < 4.78 is 28.2. The maximum atomic E-state index is 11.4. The molecule has 2 heterocycles. The van der Waals surface area contributed by atoms with E-state index in [4.69, 9.17) is 4.42 Å². The van der Waals surface area contributed by atoms with E-state index in [1.54, 1.807) is 0 Å². The highest BCUT2D eigenvalue weighted by Gasteiger charge is 2.24. The van der Waals surface area contributed by atoms with Crippen molar-refractivity contribution in [1.29, 1.82) is 0 Å². The molecule has 1 saturated heterocycles. The molecular weight excluding hydrogens is 298 g/mol. The molecule has 8 nitrogen and oxygen atoms in total. The van der Waals surface area contributed by atoms with Crippen LogP contribution in [0.3, 0.4) is 0 Å². The number of non-ortho nitro benzene ring substituents is 1. The average molecular weight is 311 g/mol. The molecule has 1 fully saturated rings. The van der Waals surface area contributed by atoms with Crippen molar-refractivity contribution in [2.24, 2.45) is 0 Å². The molecule has 1 aromatic heterocycles. The van der Waals surface area contributed by atoms with E-state index in [2.05, 4.69) is 10.3 Å². The molecule has 0 atom stereocenters. The minimum Gasteiger partial charge on any atom is -0.423 e. The van der Waals surface area contributed by atoms with Crippen LogP contribution in [0.1, 0.15) is 12.8 Å². The first-order valence-corrected chi connectivity index (χ1v) is 8.27. The molecule has 1 N–H and O–H groups in total. The van der Waals surface area contributed by atoms with Gasteiger partial charge >= 0.3 is 0 Å². The number of hydrogen-bond acceptors (Lipinski definition) is 7. The van der Waals surface area contributed by atoms with Crippen molar-refractivity contribution in [3.8, 4) is 0 Å². The smallest absolute Gasteiger partial charge is 0.295 e. The van der Waals surface area contributed by atoms with Gasteiger partial charge in [0.05, 0.1) is 22.5 Å². The van der Waals surface area contributed by atoms with E-state index in [1.807, 2.05) is 0 Å². The lowest BCUT2D eigenvalue weighted by Gasteiger charge is -2.21. The van der Waals surface area contributed by atoms with Gasteiger partial charge in [-0.25, -0.2) is 8.42 Å². The van der Waals surface area contributed by atoms with Crippen LogP contribution in [0.4, 0.5) is 11.7 Å². The van der Waals surface area contributed by atoms with E-state index in [9.17, 15) is 18.5 Å². The van der Waals surface area contributed by atoms with E-state index in [0.717, 1.165) is 0 Å². The third-order valence-corrected chi connectivity index (χ3v) is 5.18. The minimum atomic E-state index is -2.91. The third-order valence-electron chi connectivity index (χ3n) is 3.47. The second-order valence-corrected chi connectivity index (χ2v) is 7.30. The van der Waals surface area contributed by atoms with E-state index in [0.29, 0.717) is 23.9 Å². The van der Waals surface area contributed by atoms with Crippen molar-refractivity contribution in [1.82, 2.24) is 4.98 Å².